The van der Waals surface area contributed by atoms with E-state index in [1.165, 1.54) is 6.92 Å². The quantitative estimate of drug-likeness (QED) is 0.282. The number of phenolic OH excluding ortho intramolecular Hbond substituents is 1. The summed E-state index contributed by atoms with van der Waals surface area (Å²) >= 11 is 0. The van der Waals surface area contributed by atoms with Crippen molar-refractivity contribution in [1.82, 2.24) is 0 Å². The average Bonchev–Trinajstić information content (AvgIpc) is 2.83. The van der Waals surface area contributed by atoms with Gasteiger partial charge in [-0.1, -0.05) is 86.4 Å². The molecular formula is C34H46O6. The molecule has 6 heteroatoms. The van der Waals surface area contributed by atoms with Crippen LogP contribution in [0.15, 0.2) is 28.9 Å². The molecule has 1 aromatic rings. The molecule has 0 saturated heterocycles. The lowest BCUT2D eigenvalue weighted by Crippen LogP contribution is -2.74. The summed E-state index contributed by atoms with van der Waals surface area (Å²) in [4.78, 5) is 41.5. The number of aromatic hydroxyl groups is 1. The fraction of sp³-hybridized carbons (Fsp3) is 0.618. The first kappa shape index (κ1) is 30.2. The standard InChI is InChI=1S/C34H46O6/c1-12-15-31(8,9)22-14-13-21-18(5)32(10)20(7)33(11)25(16(2)3)17(4)23(19(6)35)29(38)34(33,40)30(39)26(32)28(37)24(21)27(22)36/h13-14,16,18,20,25,36-37,40H,12,15H2,1-11H3/t18-,20-,25+,32-,33-,34+/m0/s1. The number of hydrogen-bond acceptors (Lipinski definition) is 6. The van der Waals surface area contributed by atoms with Crippen LogP contribution in [0.2, 0.25) is 0 Å². The summed E-state index contributed by atoms with van der Waals surface area (Å²) in [6.45, 7) is 20.8. The number of aliphatic hydroxyl groups excluding tert-OH is 1. The Morgan fingerprint density at radius 1 is 1.07 bits per heavy atom. The predicted octanol–water partition coefficient (Wildman–Crippen LogP) is 6.58. The van der Waals surface area contributed by atoms with Gasteiger partial charge < -0.3 is 15.3 Å². The fourth-order valence-corrected chi connectivity index (χ4v) is 9.18. The highest BCUT2D eigenvalue weighted by molar-refractivity contribution is 6.33. The number of carbonyl (C=O) groups is 3. The van der Waals surface area contributed by atoms with Gasteiger partial charge in [-0.3, -0.25) is 14.4 Å². The Morgan fingerprint density at radius 3 is 2.15 bits per heavy atom. The lowest BCUT2D eigenvalue weighted by Gasteiger charge is -2.65. The van der Waals surface area contributed by atoms with Gasteiger partial charge >= 0.3 is 0 Å². The predicted molar refractivity (Wildman–Crippen MR) is 156 cm³/mol. The van der Waals surface area contributed by atoms with Crippen molar-refractivity contribution in [2.24, 2.45) is 28.6 Å². The molecule has 0 bridgehead atoms. The zero-order chi connectivity index (χ0) is 30.5. The summed E-state index contributed by atoms with van der Waals surface area (Å²) in [5, 5.41) is 35.9. The minimum atomic E-state index is -2.55. The van der Waals surface area contributed by atoms with E-state index >= 15 is 0 Å². The van der Waals surface area contributed by atoms with Crippen LogP contribution in [0, 0.1) is 28.6 Å². The van der Waals surface area contributed by atoms with Crippen LogP contribution in [0.3, 0.4) is 0 Å². The monoisotopic (exact) mass is 550 g/mol. The molecule has 0 spiro atoms. The van der Waals surface area contributed by atoms with Crippen LogP contribution in [0.1, 0.15) is 112 Å². The maximum Gasteiger partial charge on any atom is 0.206 e. The second-order valence-corrected chi connectivity index (χ2v) is 14.0. The molecule has 40 heavy (non-hydrogen) atoms. The van der Waals surface area contributed by atoms with E-state index in [-0.39, 0.29) is 45.5 Å². The van der Waals surface area contributed by atoms with Gasteiger partial charge in [0.1, 0.15) is 11.5 Å². The highest BCUT2D eigenvalue weighted by Gasteiger charge is 2.75. The molecule has 0 radical (unpaired) electrons. The van der Waals surface area contributed by atoms with Crippen molar-refractivity contribution in [3.8, 4) is 5.75 Å². The van der Waals surface area contributed by atoms with E-state index in [4.69, 9.17) is 0 Å². The van der Waals surface area contributed by atoms with Crippen molar-refractivity contribution in [3.05, 3.63) is 45.5 Å². The van der Waals surface area contributed by atoms with E-state index in [9.17, 15) is 29.7 Å². The Labute approximate surface area is 238 Å². The second kappa shape index (κ2) is 9.14. The normalized spacial score (nSPS) is 34.2. The maximum absolute atomic E-state index is 14.7. The molecule has 218 valence electrons. The molecule has 0 amide bonds. The molecule has 3 N–H and O–H groups in total. The van der Waals surface area contributed by atoms with E-state index in [2.05, 4.69) is 6.92 Å². The largest absolute Gasteiger partial charge is 0.507 e. The Morgan fingerprint density at radius 2 is 1.65 bits per heavy atom. The van der Waals surface area contributed by atoms with Crippen LogP contribution in [-0.4, -0.2) is 38.3 Å². The van der Waals surface area contributed by atoms with Crippen LogP contribution in [0.25, 0.3) is 5.76 Å². The van der Waals surface area contributed by atoms with Crippen molar-refractivity contribution >= 4 is 23.1 Å². The molecule has 1 fully saturated rings. The summed E-state index contributed by atoms with van der Waals surface area (Å²) in [6, 6.07) is 3.86. The van der Waals surface area contributed by atoms with Gasteiger partial charge in [0.2, 0.25) is 11.6 Å². The third-order valence-electron chi connectivity index (χ3n) is 11.4. The SMILES string of the molecule is CCCC(C)(C)c1ccc2c(c1O)C(O)=C1C(=O)[C@]3(O)C(=O)C(C(C)=O)=C(C)[C@@H](C(C)C)[C@]3(C)[C@@H](C)[C@]1(C)[C@H]2C. The Bertz CT molecular complexity index is 1390. The highest BCUT2D eigenvalue weighted by Crippen LogP contribution is 2.70. The molecular weight excluding hydrogens is 504 g/mol. The Balaban J connectivity index is 2.12. The molecule has 0 heterocycles. The van der Waals surface area contributed by atoms with Gasteiger partial charge in [0.05, 0.1) is 11.1 Å². The number of hydrogen-bond donors (Lipinski definition) is 3. The smallest absolute Gasteiger partial charge is 0.206 e. The molecule has 6 nitrogen and oxygen atoms in total. The van der Waals surface area contributed by atoms with E-state index in [0.29, 0.717) is 11.1 Å². The number of phenols is 1. The van der Waals surface area contributed by atoms with Crippen molar-refractivity contribution in [3.63, 3.8) is 0 Å². The van der Waals surface area contributed by atoms with Crippen LogP contribution in [0.5, 0.6) is 5.75 Å². The van der Waals surface area contributed by atoms with Crippen LogP contribution in [-0.2, 0) is 19.8 Å². The number of benzene rings is 1. The van der Waals surface area contributed by atoms with Gasteiger partial charge in [0.25, 0.3) is 0 Å². The summed E-state index contributed by atoms with van der Waals surface area (Å²) in [7, 11) is 0. The first-order valence-electron chi connectivity index (χ1n) is 14.6. The number of Topliss-reactive ketones (excluding diaryl/α,β-unsaturated/α-hetero) is 3. The van der Waals surface area contributed by atoms with Crippen LogP contribution < -0.4 is 0 Å². The summed E-state index contributed by atoms with van der Waals surface area (Å²) in [5.74, 6) is -4.04. The van der Waals surface area contributed by atoms with Crippen molar-refractivity contribution in [1.29, 1.82) is 0 Å². The number of carbonyl (C=O) groups excluding carboxylic acids is 3. The van der Waals surface area contributed by atoms with Gasteiger partial charge in [-0.15, -0.1) is 0 Å². The Hall–Kier alpha value is -2.73. The molecule has 3 aliphatic rings. The van der Waals surface area contributed by atoms with E-state index in [1.807, 2.05) is 60.6 Å². The molecule has 6 atom stereocenters. The summed E-state index contributed by atoms with van der Waals surface area (Å²) in [5.41, 5.74) is -3.13. The summed E-state index contributed by atoms with van der Waals surface area (Å²) in [6.07, 6.45) is 1.71. The zero-order valence-electron chi connectivity index (χ0n) is 25.9. The van der Waals surface area contributed by atoms with Crippen LogP contribution in [0.4, 0.5) is 0 Å². The third-order valence-corrected chi connectivity index (χ3v) is 11.4. The van der Waals surface area contributed by atoms with E-state index in [0.717, 1.165) is 18.4 Å². The van der Waals surface area contributed by atoms with Gasteiger partial charge in [-0.2, -0.15) is 0 Å². The molecule has 0 aromatic heterocycles. The Kier molecular flexibility index (Phi) is 6.91. The van der Waals surface area contributed by atoms with Gasteiger partial charge in [-0.25, -0.2) is 0 Å². The average molecular weight is 551 g/mol. The fourth-order valence-electron chi connectivity index (χ4n) is 9.18. The summed E-state index contributed by atoms with van der Waals surface area (Å²) < 4.78 is 0. The minimum absolute atomic E-state index is 0.0426. The molecule has 0 unspecified atom stereocenters. The number of ketones is 3. The number of aliphatic hydroxyl groups is 2. The number of fused-ring (bicyclic) bond motifs is 3. The lowest BCUT2D eigenvalue weighted by molar-refractivity contribution is -0.194. The van der Waals surface area contributed by atoms with Crippen molar-refractivity contribution in [2.75, 3.05) is 0 Å². The molecule has 1 aromatic carbocycles. The number of allylic oxidation sites excluding steroid dienone is 1. The lowest BCUT2D eigenvalue weighted by atomic mass is 9.37. The van der Waals surface area contributed by atoms with E-state index in [1.54, 1.807) is 13.8 Å². The van der Waals surface area contributed by atoms with Crippen LogP contribution >= 0.6 is 0 Å². The van der Waals surface area contributed by atoms with Gasteiger partial charge in [0.15, 0.2) is 11.4 Å². The molecule has 1 saturated carbocycles. The zero-order valence-corrected chi connectivity index (χ0v) is 25.9. The third kappa shape index (κ3) is 3.35. The molecule has 3 aliphatic carbocycles. The first-order chi connectivity index (χ1) is 18.3. The van der Waals surface area contributed by atoms with Gasteiger partial charge in [0, 0.05) is 22.0 Å². The minimum Gasteiger partial charge on any atom is -0.507 e. The topological polar surface area (TPSA) is 112 Å². The van der Waals surface area contributed by atoms with Crippen molar-refractivity contribution in [2.45, 2.75) is 106 Å². The molecule has 0 aliphatic heterocycles. The van der Waals surface area contributed by atoms with E-state index < -0.39 is 45.6 Å². The second-order valence-electron chi connectivity index (χ2n) is 14.0. The first-order valence-corrected chi connectivity index (χ1v) is 14.6. The maximum atomic E-state index is 14.7. The number of rotatable bonds is 5. The molecule has 4 rings (SSSR count). The highest BCUT2D eigenvalue weighted by atomic mass is 16.3. The van der Waals surface area contributed by atoms with Crippen molar-refractivity contribution < 1.29 is 29.7 Å². The van der Waals surface area contributed by atoms with Gasteiger partial charge in [-0.05, 0) is 54.9 Å².